The lowest BCUT2D eigenvalue weighted by molar-refractivity contribution is -0.133. The van der Waals surface area contributed by atoms with Crippen LogP contribution in [0.15, 0.2) is 35.3 Å². The van der Waals surface area contributed by atoms with Crippen molar-refractivity contribution in [1.29, 1.82) is 10.7 Å². The molecule has 1 aromatic carbocycles. The molecule has 1 aromatic heterocycles. The Hall–Kier alpha value is -3.03. The van der Waals surface area contributed by atoms with Gasteiger partial charge in [-0.2, -0.15) is 5.26 Å². The number of unbranched alkanes of at least 4 members (excludes halogenated alkanes) is 16. The van der Waals surface area contributed by atoms with Gasteiger partial charge in [0.2, 0.25) is 0 Å². The highest BCUT2D eigenvalue weighted by Gasteiger charge is 2.56. The van der Waals surface area contributed by atoms with E-state index in [1.165, 1.54) is 116 Å². The number of benzene rings is 1. The summed E-state index contributed by atoms with van der Waals surface area (Å²) in [7, 11) is -4.82. The number of aliphatic hydroxyl groups excluding tert-OH is 2. The van der Waals surface area contributed by atoms with Crippen LogP contribution in [-0.4, -0.2) is 82.1 Å². The molecular formula is C43H69FN5O9P. The number of H-pyrrole nitrogens is 1. The maximum absolute atomic E-state index is 14.1. The number of aliphatic imine (C=N–C) groups is 1. The molecular weight excluding hydrogens is 780 g/mol. The van der Waals surface area contributed by atoms with E-state index in [0.717, 1.165) is 31.7 Å². The van der Waals surface area contributed by atoms with Crippen LogP contribution in [0.2, 0.25) is 0 Å². The highest BCUT2D eigenvalue weighted by atomic mass is 31.2. The fourth-order valence-electron chi connectivity index (χ4n) is 7.18. The lowest BCUT2D eigenvalue weighted by atomic mass is 9.91. The topological polar surface area (TPSA) is 226 Å². The molecule has 1 aliphatic rings. The molecule has 16 heteroatoms. The van der Waals surface area contributed by atoms with Crippen LogP contribution in [0.4, 0.5) is 4.39 Å². The van der Waals surface area contributed by atoms with Gasteiger partial charge >= 0.3 is 7.82 Å². The lowest BCUT2D eigenvalue weighted by Gasteiger charge is -2.34. The smallest absolute Gasteiger partial charge is 0.387 e. The number of nitrogens with zero attached hydrogens (tertiary/aromatic N) is 2. The van der Waals surface area contributed by atoms with Crippen molar-refractivity contribution in [2.75, 3.05) is 19.8 Å². The first-order valence-electron chi connectivity index (χ1n) is 21.4. The molecule has 14 nitrogen and oxygen atoms in total. The molecule has 59 heavy (non-hydrogen) atoms. The maximum Gasteiger partial charge on any atom is 0.472 e. The van der Waals surface area contributed by atoms with Crippen molar-refractivity contribution in [3.05, 3.63) is 58.7 Å². The average Bonchev–Trinajstić information content (AvgIpc) is 3.79. The standard InChI is InChI=1S/C43H69FN5O9P/c1-4-5-6-7-8-9-10-11-12-13-14-15-16-17-18-19-20-23-54-29-36(55-28-34-24-33(27-45)25-35(44)26-34)30-56-59(52,53)58-32(2)43(3)41(51)39(50)40(57-43)37-21-22-38(49-37)42(47)48-31-46/h21-22,24-26,31-32,36,39-41,49-51H,4-20,23,28-30H2,1-3H3,(H,52,53)(H3,46,47,48)/t32-,36+,39-,40-,41-,43+/m0/s1. The summed E-state index contributed by atoms with van der Waals surface area (Å²) in [5.74, 6) is -0.564. The Morgan fingerprint density at radius 1 is 1.02 bits per heavy atom. The molecule has 0 amide bonds. The molecule has 1 aliphatic heterocycles. The predicted molar refractivity (Wildman–Crippen MR) is 226 cm³/mol. The van der Waals surface area contributed by atoms with Gasteiger partial charge in [-0.3, -0.25) is 14.5 Å². The van der Waals surface area contributed by atoms with Crippen LogP contribution in [0, 0.1) is 22.6 Å². The molecule has 0 aliphatic carbocycles. The molecule has 0 spiro atoms. The predicted octanol–water partition coefficient (Wildman–Crippen LogP) is 8.67. The second-order valence-electron chi connectivity index (χ2n) is 15.8. The van der Waals surface area contributed by atoms with E-state index < -0.39 is 56.4 Å². The normalized spacial score (nSPS) is 21.6. The van der Waals surface area contributed by atoms with Crippen LogP contribution in [0.3, 0.4) is 0 Å². The maximum atomic E-state index is 14.1. The molecule has 0 radical (unpaired) electrons. The molecule has 332 valence electrons. The third-order valence-electron chi connectivity index (χ3n) is 10.9. The number of phosphoric ester groups is 1. The minimum absolute atomic E-state index is 0.00935. The number of ether oxygens (including phenoxy) is 3. The Bertz CT molecular complexity index is 1640. The van der Waals surface area contributed by atoms with Crippen molar-refractivity contribution in [3.63, 3.8) is 0 Å². The lowest BCUT2D eigenvalue weighted by Crippen LogP contribution is -2.49. The van der Waals surface area contributed by atoms with E-state index in [9.17, 15) is 29.3 Å². The Balaban J connectivity index is 1.43. The zero-order valence-corrected chi connectivity index (χ0v) is 36.2. The largest absolute Gasteiger partial charge is 0.472 e. The first-order chi connectivity index (χ1) is 28.3. The number of nitrogens with one attached hydrogen (secondary N) is 2. The summed E-state index contributed by atoms with van der Waals surface area (Å²) in [6, 6.07) is 8.90. The molecule has 0 saturated carbocycles. The molecule has 2 aromatic rings. The first-order valence-corrected chi connectivity index (χ1v) is 22.9. The molecule has 1 fully saturated rings. The van der Waals surface area contributed by atoms with Gasteiger partial charge in [0, 0.05) is 12.3 Å². The average molecular weight is 850 g/mol. The van der Waals surface area contributed by atoms with E-state index in [0.29, 0.717) is 23.6 Å². The Kier molecular flexibility index (Phi) is 23.1. The molecule has 0 bridgehead atoms. The summed E-state index contributed by atoms with van der Waals surface area (Å²) in [4.78, 5) is 17.4. The second-order valence-corrected chi connectivity index (χ2v) is 17.2. The van der Waals surface area contributed by atoms with Crippen LogP contribution < -0.4 is 5.73 Å². The number of hydrogen-bond acceptors (Lipinski definition) is 10. The number of nitriles is 1. The number of rotatable bonds is 32. The van der Waals surface area contributed by atoms with Crippen LogP contribution in [0.5, 0.6) is 0 Å². The van der Waals surface area contributed by atoms with Gasteiger partial charge in [-0.05, 0) is 56.2 Å². The summed E-state index contributed by atoms with van der Waals surface area (Å²) >= 11 is 0. The summed E-state index contributed by atoms with van der Waals surface area (Å²) in [6.45, 7) is 5.01. The van der Waals surface area contributed by atoms with Gasteiger partial charge in [-0.25, -0.2) is 13.9 Å². The molecule has 2 heterocycles. The number of phosphoric acid groups is 1. The van der Waals surface area contributed by atoms with E-state index in [-0.39, 0.29) is 24.6 Å². The van der Waals surface area contributed by atoms with Gasteiger partial charge in [0.05, 0.1) is 43.3 Å². The van der Waals surface area contributed by atoms with Gasteiger partial charge in [0.25, 0.3) is 0 Å². The van der Waals surface area contributed by atoms with E-state index >= 15 is 0 Å². The zero-order chi connectivity index (χ0) is 43.1. The van der Waals surface area contributed by atoms with Crippen LogP contribution >= 0.6 is 7.82 Å². The van der Waals surface area contributed by atoms with Crippen LogP contribution in [0.1, 0.15) is 159 Å². The highest BCUT2D eigenvalue weighted by molar-refractivity contribution is 7.47. The number of nitrogens with two attached hydrogens (primary N) is 1. The third-order valence-corrected chi connectivity index (χ3v) is 11.9. The van der Waals surface area contributed by atoms with Crippen LogP contribution in [-0.2, 0) is 34.4 Å². The number of amidine groups is 1. The van der Waals surface area contributed by atoms with Gasteiger partial charge < -0.3 is 40.0 Å². The summed E-state index contributed by atoms with van der Waals surface area (Å²) < 4.78 is 56.0. The Morgan fingerprint density at radius 2 is 1.61 bits per heavy atom. The molecule has 7 atom stereocenters. The van der Waals surface area contributed by atoms with Gasteiger partial charge in [0.1, 0.15) is 48.0 Å². The summed E-state index contributed by atoms with van der Waals surface area (Å²) in [6.07, 6.45) is 16.1. The van der Waals surface area contributed by atoms with Gasteiger partial charge in [0.15, 0.2) is 0 Å². The van der Waals surface area contributed by atoms with Crippen molar-refractivity contribution in [2.45, 2.75) is 173 Å². The van der Waals surface area contributed by atoms with Crippen molar-refractivity contribution in [1.82, 2.24) is 4.98 Å². The monoisotopic (exact) mass is 849 g/mol. The molecule has 1 unspecified atom stereocenters. The van der Waals surface area contributed by atoms with E-state index in [4.69, 9.17) is 34.4 Å². The van der Waals surface area contributed by atoms with Crippen molar-refractivity contribution < 1.29 is 47.3 Å². The van der Waals surface area contributed by atoms with E-state index in [2.05, 4.69) is 16.9 Å². The fourth-order valence-corrected chi connectivity index (χ4v) is 8.20. The van der Waals surface area contributed by atoms with Crippen LogP contribution in [0.25, 0.3) is 0 Å². The second kappa shape index (κ2) is 27.0. The van der Waals surface area contributed by atoms with E-state index in [1.807, 2.05) is 6.07 Å². The van der Waals surface area contributed by atoms with Crippen molar-refractivity contribution >= 4 is 20.0 Å². The molecule has 1 saturated heterocycles. The van der Waals surface area contributed by atoms with Gasteiger partial charge in [-0.1, -0.05) is 110 Å². The number of halogens is 1. The Labute approximate surface area is 350 Å². The summed E-state index contributed by atoms with van der Waals surface area (Å²) in [5.41, 5.74) is 5.41. The number of hydrogen-bond donors (Lipinski definition) is 6. The highest BCUT2D eigenvalue weighted by Crippen LogP contribution is 2.50. The molecule has 3 rings (SSSR count). The molecule has 7 N–H and O–H groups in total. The van der Waals surface area contributed by atoms with E-state index in [1.54, 1.807) is 12.1 Å². The first kappa shape index (κ1) is 50.3. The summed E-state index contributed by atoms with van der Waals surface area (Å²) in [5, 5.41) is 38.3. The minimum atomic E-state index is -4.82. The van der Waals surface area contributed by atoms with Crippen molar-refractivity contribution in [2.24, 2.45) is 10.7 Å². The van der Waals surface area contributed by atoms with Crippen molar-refractivity contribution in [3.8, 4) is 6.07 Å². The number of aliphatic hydroxyl groups is 2. The zero-order valence-electron chi connectivity index (χ0n) is 35.3. The SMILES string of the molecule is CCCCCCCCCCCCCCCCCCCOC[C@H](COP(=O)(O)O[C@@H](C)[C@@]1(C)O[C@@H](c2ccc(C(N)=NC=N)[nH]2)[C@H](O)[C@@H]1O)OCc1cc(F)cc(C#N)c1. The third kappa shape index (κ3) is 17.8. The minimum Gasteiger partial charge on any atom is -0.387 e. The number of aromatic nitrogens is 1. The Morgan fingerprint density at radius 3 is 2.19 bits per heavy atom. The quantitative estimate of drug-likeness (QED) is 0.0177. The number of aromatic amines is 1. The van der Waals surface area contributed by atoms with Gasteiger partial charge in [-0.15, -0.1) is 0 Å². The fraction of sp³-hybridized carbons (Fsp3) is 0.698.